The molecule has 4 heteroatoms. The van der Waals surface area contributed by atoms with Gasteiger partial charge in [0.1, 0.15) is 0 Å². The van der Waals surface area contributed by atoms with Gasteiger partial charge >= 0.3 is 0 Å². The molecule has 0 heterocycles. The van der Waals surface area contributed by atoms with Crippen molar-refractivity contribution in [3.05, 3.63) is 30.3 Å². The van der Waals surface area contributed by atoms with Gasteiger partial charge in [0.25, 0.3) is 48.4 Å². The molecule has 0 spiro atoms. The standard InChI is InChI=1S/C6H5Br3N/c7-10(8,9)6-4-2-1-3-5-6/h1-5H/q+1. The number of hydrogen-bond acceptors (Lipinski definition) is 0. The molecule has 1 rings (SSSR count). The van der Waals surface area contributed by atoms with Crippen LogP contribution in [0.5, 0.6) is 0 Å². The molecule has 0 aliphatic carbocycles. The molecular weight excluding hydrogens is 326 g/mol. The van der Waals surface area contributed by atoms with E-state index in [0.29, 0.717) is 1.56 Å². The fourth-order valence-corrected chi connectivity index (χ4v) is 1.31. The molecule has 0 aliphatic heterocycles. The molecule has 1 aromatic carbocycles. The van der Waals surface area contributed by atoms with Crippen molar-refractivity contribution in [2.24, 2.45) is 0 Å². The quantitative estimate of drug-likeness (QED) is 0.685. The van der Waals surface area contributed by atoms with E-state index in [1.54, 1.807) is 0 Å². The summed E-state index contributed by atoms with van der Waals surface area (Å²) in [4.78, 5) is 0. The Labute approximate surface area is 85.6 Å². The predicted octanol–water partition coefficient (Wildman–Crippen LogP) is 3.92. The molecule has 0 radical (unpaired) electrons. The first-order valence-corrected chi connectivity index (χ1v) is 4.77. The van der Waals surface area contributed by atoms with E-state index in [1.165, 1.54) is 0 Å². The maximum absolute atomic E-state index is 3.36. The molecule has 0 N–H and O–H groups in total. The summed E-state index contributed by atoms with van der Waals surface area (Å²) in [5.41, 5.74) is 1.09. The van der Waals surface area contributed by atoms with Crippen LogP contribution in [0.25, 0.3) is 0 Å². The highest BCUT2D eigenvalue weighted by Gasteiger charge is 2.21. The highest BCUT2D eigenvalue weighted by atomic mass is 80.0. The lowest BCUT2D eigenvalue weighted by Crippen LogP contribution is -2.07. The Kier molecular flexibility index (Phi) is 2.91. The van der Waals surface area contributed by atoms with E-state index >= 15 is 0 Å². The van der Waals surface area contributed by atoms with Crippen molar-refractivity contribution in [1.29, 1.82) is 0 Å². The minimum atomic E-state index is 0.327. The molecule has 1 nitrogen and oxygen atoms in total. The van der Waals surface area contributed by atoms with Gasteiger partial charge in [0.05, 0.1) is 0 Å². The molecular formula is C6H5Br3N+. The van der Waals surface area contributed by atoms with Gasteiger partial charge in [0.2, 0.25) is 0 Å². The van der Waals surface area contributed by atoms with Crippen LogP contribution in [0.2, 0.25) is 0 Å². The van der Waals surface area contributed by atoms with Gasteiger partial charge in [-0.3, -0.25) is 0 Å². The second-order valence-electron chi connectivity index (χ2n) is 1.78. The average molecular weight is 331 g/mol. The Bertz CT molecular complexity index is 204. The minimum Gasteiger partial charge on any atom is -0.0905 e. The number of halogens is 3. The molecule has 0 unspecified atom stereocenters. The van der Waals surface area contributed by atoms with E-state index < -0.39 is 0 Å². The van der Waals surface area contributed by atoms with Gasteiger partial charge in [-0.15, -0.1) is 0 Å². The Morgan fingerprint density at radius 1 is 0.900 bits per heavy atom. The van der Waals surface area contributed by atoms with E-state index in [9.17, 15) is 0 Å². The number of quaternary nitrogens is 1. The third kappa shape index (κ3) is 2.34. The van der Waals surface area contributed by atoms with Gasteiger partial charge in [-0.25, -0.2) is 0 Å². The molecule has 0 bridgehead atoms. The van der Waals surface area contributed by atoms with Crippen LogP contribution in [-0.2, 0) is 0 Å². The molecule has 54 valence electrons. The van der Waals surface area contributed by atoms with Crippen LogP contribution in [0.1, 0.15) is 0 Å². The third-order valence-electron chi connectivity index (χ3n) is 1.05. The van der Waals surface area contributed by atoms with Gasteiger partial charge in [0, 0.05) is 12.1 Å². The smallest absolute Gasteiger partial charge is 0.0905 e. The number of hydrogen-bond donors (Lipinski definition) is 0. The van der Waals surface area contributed by atoms with E-state index in [0.717, 1.165) is 5.69 Å². The molecule has 0 saturated heterocycles. The summed E-state index contributed by atoms with van der Waals surface area (Å²) in [7, 11) is 0. The number of rotatable bonds is 1. The van der Waals surface area contributed by atoms with Crippen LogP contribution >= 0.6 is 48.4 Å². The summed E-state index contributed by atoms with van der Waals surface area (Å²) in [6.07, 6.45) is 0. The highest BCUT2D eigenvalue weighted by Crippen LogP contribution is 2.37. The van der Waals surface area contributed by atoms with Crippen LogP contribution in [-0.4, -0.2) is 0 Å². The predicted molar refractivity (Wildman–Crippen MR) is 55.0 cm³/mol. The van der Waals surface area contributed by atoms with Crippen molar-refractivity contribution in [2.45, 2.75) is 0 Å². The van der Waals surface area contributed by atoms with E-state index in [4.69, 9.17) is 0 Å². The van der Waals surface area contributed by atoms with Crippen molar-refractivity contribution in [2.75, 3.05) is 0 Å². The van der Waals surface area contributed by atoms with E-state index in [2.05, 4.69) is 48.4 Å². The summed E-state index contributed by atoms with van der Waals surface area (Å²) < 4.78 is 0.327. The van der Waals surface area contributed by atoms with Crippen molar-refractivity contribution >= 4 is 54.1 Å². The second-order valence-corrected chi connectivity index (χ2v) is 7.83. The van der Waals surface area contributed by atoms with Gasteiger partial charge in [-0.1, -0.05) is 19.8 Å². The first kappa shape index (κ1) is 8.71. The summed E-state index contributed by atoms with van der Waals surface area (Å²) in [6.45, 7) is 0. The van der Waals surface area contributed by atoms with E-state index in [-0.39, 0.29) is 0 Å². The molecule has 0 atom stereocenters. The summed E-state index contributed by atoms with van der Waals surface area (Å²) in [5, 5.41) is 0. The lowest BCUT2D eigenvalue weighted by Gasteiger charge is -2.08. The maximum Gasteiger partial charge on any atom is 0.258 e. The normalized spacial score (nSPS) is 11.5. The van der Waals surface area contributed by atoms with Crippen molar-refractivity contribution in [3.63, 3.8) is 0 Å². The third-order valence-corrected chi connectivity index (χ3v) is 2.28. The topological polar surface area (TPSA) is 0 Å². The number of benzene rings is 1. The molecule has 0 aromatic heterocycles. The Morgan fingerprint density at radius 2 is 1.40 bits per heavy atom. The zero-order valence-corrected chi connectivity index (χ0v) is 9.73. The van der Waals surface area contributed by atoms with Crippen molar-refractivity contribution in [3.8, 4) is 0 Å². The van der Waals surface area contributed by atoms with Gasteiger partial charge < -0.3 is 0 Å². The van der Waals surface area contributed by atoms with Crippen molar-refractivity contribution < 1.29 is 0 Å². The number of nitrogens with zero attached hydrogens (tertiary/aromatic N) is 1. The van der Waals surface area contributed by atoms with Crippen LogP contribution < -0.4 is 1.56 Å². The van der Waals surface area contributed by atoms with Gasteiger partial charge in [-0.05, 0) is 0 Å². The van der Waals surface area contributed by atoms with E-state index in [1.807, 2.05) is 30.3 Å². The second kappa shape index (κ2) is 3.34. The maximum atomic E-state index is 3.36. The van der Waals surface area contributed by atoms with Crippen LogP contribution in [0.15, 0.2) is 30.3 Å². The molecule has 0 amide bonds. The molecule has 10 heavy (non-hydrogen) atoms. The Hall–Kier alpha value is 0.620. The van der Waals surface area contributed by atoms with Crippen LogP contribution in [0.4, 0.5) is 5.69 Å². The van der Waals surface area contributed by atoms with Gasteiger partial charge in [-0.2, -0.15) is 0 Å². The van der Waals surface area contributed by atoms with Gasteiger partial charge in [0.15, 0.2) is 5.69 Å². The lowest BCUT2D eigenvalue weighted by molar-refractivity contribution is 1.25. The van der Waals surface area contributed by atoms with Crippen LogP contribution in [0, 0.1) is 0 Å². The summed E-state index contributed by atoms with van der Waals surface area (Å²) in [5.74, 6) is 0. The van der Waals surface area contributed by atoms with Crippen LogP contribution in [0.3, 0.4) is 0 Å². The first-order chi connectivity index (χ1) is 4.61. The fraction of sp³-hybridized carbons (Fsp3) is 0. The van der Waals surface area contributed by atoms with Crippen molar-refractivity contribution in [1.82, 2.24) is 1.56 Å². The molecule has 0 saturated carbocycles. The fourth-order valence-electron chi connectivity index (χ4n) is 0.597. The SMILES string of the molecule is Br[N+](Br)(Br)c1ccccc1. The zero-order valence-electron chi connectivity index (χ0n) is 4.97. The summed E-state index contributed by atoms with van der Waals surface area (Å²) >= 11 is 10.1. The Morgan fingerprint density at radius 3 is 1.70 bits per heavy atom. The summed E-state index contributed by atoms with van der Waals surface area (Å²) in [6, 6.07) is 9.93. The molecule has 1 aromatic rings. The minimum absolute atomic E-state index is 0.327. The lowest BCUT2D eigenvalue weighted by atomic mass is 10.3. The zero-order chi connectivity index (χ0) is 7.61. The average Bonchev–Trinajstić information content (AvgIpc) is 1.88. The highest BCUT2D eigenvalue weighted by molar-refractivity contribution is 9.36. The monoisotopic (exact) mass is 328 g/mol. The Balaban J connectivity index is 2.97. The molecule has 0 fully saturated rings. The largest absolute Gasteiger partial charge is 0.258 e. The first-order valence-electron chi connectivity index (χ1n) is 2.64. The molecule has 0 aliphatic rings.